The number of benzene rings is 1. The first-order valence-electron chi connectivity index (χ1n) is 7.62. The van der Waals surface area contributed by atoms with Gasteiger partial charge in [-0.15, -0.1) is 0 Å². The zero-order valence-electron chi connectivity index (χ0n) is 12.6. The highest BCUT2D eigenvalue weighted by Crippen LogP contribution is 2.42. The Bertz CT molecular complexity index is 553. The lowest BCUT2D eigenvalue weighted by Gasteiger charge is -2.39. The number of carbonyl (C=O) groups excluding carboxylic acids is 2. The van der Waals surface area contributed by atoms with Crippen LogP contribution in [-0.2, 0) is 9.59 Å². The van der Waals surface area contributed by atoms with Crippen LogP contribution in [0.1, 0.15) is 44.7 Å². The summed E-state index contributed by atoms with van der Waals surface area (Å²) in [4.78, 5) is 26.6. The van der Waals surface area contributed by atoms with E-state index in [1.54, 1.807) is 0 Å². The molecular weight excluding hydrogens is 264 g/mol. The van der Waals surface area contributed by atoms with Gasteiger partial charge in [0, 0.05) is 6.04 Å². The molecule has 1 aromatic rings. The highest BCUT2D eigenvalue weighted by molar-refractivity contribution is 5.95. The van der Waals surface area contributed by atoms with E-state index in [9.17, 15) is 9.59 Å². The van der Waals surface area contributed by atoms with Crippen LogP contribution in [0.25, 0.3) is 0 Å². The van der Waals surface area contributed by atoms with Crippen LogP contribution in [0.5, 0.6) is 0 Å². The predicted molar refractivity (Wildman–Crippen MR) is 80.5 cm³/mol. The SMILES string of the molecule is CC1(C)CCC(N2C(=O)CNC(=O)C2c2ccccc2)C1. The fourth-order valence-corrected chi connectivity index (χ4v) is 3.62. The Balaban J connectivity index is 1.94. The number of hydrogen-bond donors (Lipinski definition) is 1. The molecule has 4 heteroatoms. The molecule has 21 heavy (non-hydrogen) atoms. The molecule has 0 radical (unpaired) electrons. The van der Waals surface area contributed by atoms with Crippen LogP contribution in [0.15, 0.2) is 30.3 Å². The van der Waals surface area contributed by atoms with Gasteiger partial charge in [0.15, 0.2) is 0 Å². The van der Waals surface area contributed by atoms with Crippen molar-refractivity contribution in [2.24, 2.45) is 5.41 Å². The topological polar surface area (TPSA) is 49.4 Å². The van der Waals surface area contributed by atoms with Crippen molar-refractivity contribution in [2.75, 3.05) is 6.54 Å². The summed E-state index contributed by atoms with van der Waals surface area (Å²) in [6.07, 6.45) is 3.05. The van der Waals surface area contributed by atoms with Crippen LogP contribution >= 0.6 is 0 Å². The molecule has 0 aromatic heterocycles. The van der Waals surface area contributed by atoms with Crippen LogP contribution in [0.4, 0.5) is 0 Å². The van der Waals surface area contributed by atoms with Crippen molar-refractivity contribution < 1.29 is 9.59 Å². The predicted octanol–water partition coefficient (Wildman–Crippen LogP) is 2.26. The summed E-state index contributed by atoms with van der Waals surface area (Å²) in [5.41, 5.74) is 1.15. The minimum atomic E-state index is -0.480. The zero-order chi connectivity index (χ0) is 15.0. The van der Waals surface area contributed by atoms with Crippen LogP contribution in [0.2, 0.25) is 0 Å². The molecule has 2 amide bonds. The number of nitrogens with zero attached hydrogens (tertiary/aromatic N) is 1. The lowest BCUT2D eigenvalue weighted by Crippen LogP contribution is -2.56. The molecule has 2 aliphatic rings. The van der Waals surface area contributed by atoms with E-state index in [-0.39, 0.29) is 29.8 Å². The van der Waals surface area contributed by atoms with E-state index in [1.807, 2.05) is 35.2 Å². The van der Waals surface area contributed by atoms with E-state index >= 15 is 0 Å². The number of carbonyl (C=O) groups is 2. The summed E-state index contributed by atoms with van der Waals surface area (Å²) in [6.45, 7) is 4.59. The first-order chi connectivity index (χ1) is 9.98. The third-order valence-electron chi connectivity index (χ3n) is 4.68. The average Bonchev–Trinajstić information content (AvgIpc) is 2.82. The quantitative estimate of drug-likeness (QED) is 0.906. The molecule has 2 fully saturated rings. The molecule has 0 spiro atoms. The van der Waals surface area contributed by atoms with Crippen molar-refractivity contribution in [1.82, 2.24) is 10.2 Å². The van der Waals surface area contributed by atoms with Gasteiger partial charge in [0.1, 0.15) is 6.04 Å². The van der Waals surface area contributed by atoms with E-state index < -0.39 is 6.04 Å². The monoisotopic (exact) mass is 286 g/mol. The molecule has 112 valence electrons. The molecule has 1 saturated heterocycles. The van der Waals surface area contributed by atoms with Crippen molar-refractivity contribution in [2.45, 2.75) is 45.2 Å². The third kappa shape index (κ3) is 2.67. The van der Waals surface area contributed by atoms with Crippen molar-refractivity contribution in [3.8, 4) is 0 Å². The van der Waals surface area contributed by atoms with Gasteiger partial charge in [-0.05, 0) is 30.2 Å². The fraction of sp³-hybridized carbons (Fsp3) is 0.529. The van der Waals surface area contributed by atoms with Crippen LogP contribution in [0, 0.1) is 5.41 Å². The Hall–Kier alpha value is -1.84. The number of piperazine rings is 1. The first kappa shape index (κ1) is 14.1. The highest BCUT2D eigenvalue weighted by Gasteiger charge is 2.44. The van der Waals surface area contributed by atoms with Crippen molar-refractivity contribution in [1.29, 1.82) is 0 Å². The van der Waals surface area contributed by atoms with Crippen molar-refractivity contribution in [3.63, 3.8) is 0 Å². The number of rotatable bonds is 2. The molecule has 3 rings (SSSR count). The summed E-state index contributed by atoms with van der Waals surface area (Å²) >= 11 is 0. The van der Waals surface area contributed by atoms with Crippen LogP contribution < -0.4 is 5.32 Å². The summed E-state index contributed by atoms with van der Waals surface area (Å²) in [6, 6.07) is 9.30. The van der Waals surface area contributed by atoms with E-state index in [1.165, 1.54) is 0 Å². The summed E-state index contributed by atoms with van der Waals surface area (Å²) in [7, 11) is 0. The Morgan fingerprint density at radius 1 is 1.19 bits per heavy atom. The van der Waals surface area contributed by atoms with Gasteiger partial charge in [0.05, 0.1) is 6.54 Å². The number of amides is 2. The Kier molecular flexibility index (Phi) is 3.47. The van der Waals surface area contributed by atoms with Gasteiger partial charge in [-0.2, -0.15) is 0 Å². The Morgan fingerprint density at radius 2 is 1.90 bits per heavy atom. The Morgan fingerprint density at radius 3 is 2.52 bits per heavy atom. The van der Waals surface area contributed by atoms with Gasteiger partial charge < -0.3 is 10.2 Å². The normalized spacial score (nSPS) is 28.6. The minimum Gasteiger partial charge on any atom is -0.345 e. The standard InChI is InChI=1S/C17H22N2O2/c1-17(2)9-8-13(10-17)19-14(20)11-18-16(21)15(19)12-6-4-3-5-7-12/h3-7,13,15H,8-11H2,1-2H3,(H,18,21). The largest absolute Gasteiger partial charge is 0.345 e. The number of hydrogen-bond acceptors (Lipinski definition) is 2. The highest BCUT2D eigenvalue weighted by atomic mass is 16.2. The molecule has 1 saturated carbocycles. The smallest absolute Gasteiger partial charge is 0.247 e. The summed E-state index contributed by atoms with van der Waals surface area (Å²) < 4.78 is 0. The van der Waals surface area contributed by atoms with Crippen LogP contribution in [0.3, 0.4) is 0 Å². The van der Waals surface area contributed by atoms with E-state index in [0.29, 0.717) is 0 Å². The second-order valence-electron chi connectivity index (χ2n) is 6.89. The lowest BCUT2D eigenvalue weighted by atomic mass is 9.91. The van der Waals surface area contributed by atoms with Gasteiger partial charge in [-0.1, -0.05) is 44.2 Å². The molecule has 1 aromatic carbocycles. The van der Waals surface area contributed by atoms with Crippen molar-refractivity contribution in [3.05, 3.63) is 35.9 Å². The molecule has 2 atom stereocenters. The first-order valence-corrected chi connectivity index (χ1v) is 7.62. The molecule has 1 aliphatic heterocycles. The second kappa shape index (κ2) is 5.17. The zero-order valence-corrected chi connectivity index (χ0v) is 12.6. The average molecular weight is 286 g/mol. The second-order valence-corrected chi connectivity index (χ2v) is 6.89. The molecule has 1 N–H and O–H groups in total. The summed E-state index contributed by atoms with van der Waals surface area (Å²) in [5.74, 6) is -0.0309. The summed E-state index contributed by atoms with van der Waals surface area (Å²) in [5, 5.41) is 2.72. The lowest BCUT2D eigenvalue weighted by molar-refractivity contribution is -0.148. The maximum atomic E-state index is 12.4. The van der Waals surface area contributed by atoms with Crippen molar-refractivity contribution >= 4 is 11.8 Å². The Labute approximate surface area is 125 Å². The van der Waals surface area contributed by atoms with E-state index in [2.05, 4.69) is 19.2 Å². The van der Waals surface area contributed by atoms with Gasteiger partial charge in [-0.25, -0.2) is 0 Å². The van der Waals surface area contributed by atoms with E-state index in [4.69, 9.17) is 0 Å². The minimum absolute atomic E-state index is 0.0335. The molecule has 0 bridgehead atoms. The molecule has 4 nitrogen and oxygen atoms in total. The van der Waals surface area contributed by atoms with Gasteiger partial charge >= 0.3 is 0 Å². The van der Waals surface area contributed by atoms with Gasteiger partial charge in [-0.3, -0.25) is 9.59 Å². The van der Waals surface area contributed by atoms with Gasteiger partial charge in [0.25, 0.3) is 0 Å². The fourth-order valence-electron chi connectivity index (χ4n) is 3.62. The molecular formula is C17H22N2O2. The van der Waals surface area contributed by atoms with E-state index in [0.717, 1.165) is 24.8 Å². The molecule has 1 aliphatic carbocycles. The molecule has 1 heterocycles. The van der Waals surface area contributed by atoms with Crippen LogP contribution in [-0.4, -0.2) is 29.3 Å². The van der Waals surface area contributed by atoms with Gasteiger partial charge in [0.2, 0.25) is 11.8 Å². The third-order valence-corrected chi connectivity index (χ3v) is 4.68. The molecule has 2 unspecified atom stereocenters. The maximum absolute atomic E-state index is 12.4. The maximum Gasteiger partial charge on any atom is 0.247 e. The number of nitrogens with one attached hydrogen (secondary N) is 1.